The monoisotopic (exact) mass is 264 g/mol. The maximum Gasteiger partial charge on any atom is 0.435 e. The Hall–Kier alpha value is -1.08. The Labute approximate surface area is 105 Å². The van der Waals surface area contributed by atoms with Gasteiger partial charge in [-0.25, -0.2) is 0 Å². The summed E-state index contributed by atoms with van der Waals surface area (Å²) in [6.45, 7) is 1.78. The second kappa shape index (κ2) is 6.19. The van der Waals surface area contributed by atoms with Crippen LogP contribution in [0.25, 0.3) is 0 Å². The summed E-state index contributed by atoms with van der Waals surface area (Å²) in [6.07, 6.45) is -2.09. The zero-order valence-electron chi connectivity index (χ0n) is 10.9. The fraction of sp³-hybridized carbons (Fsp3) is 0.727. The second-order valence-electron chi connectivity index (χ2n) is 4.51. The molecule has 0 fully saturated rings. The van der Waals surface area contributed by atoms with Crippen LogP contribution < -0.4 is 5.32 Å². The van der Waals surface area contributed by atoms with Crippen molar-refractivity contribution in [3.63, 3.8) is 0 Å². The minimum Gasteiger partial charge on any atom is -0.312 e. The van der Waals surface area contributed by atoms with Gasteiger partial charge in [0.1, 0.15) is 0 Å². The first-order valence-corrected chi connectivity index (χ1v) is 5.76. The van der Waals surface area contributed by atoms with E-state index in [4.69, 9.17) is 0 Å². The number of halogens is 3. The number of rotatable bonds is 6. The van der Waals surface area contributed by atoms with E-state index in [-0.39, 0.29) is 12.1 Å². The van der Waals surface area contributed by atoms with E-state index in [1.54, 1.807) is 0 Å². The molecule has 0 aliphatic rings. The Morgan fingerprint density at radius 2 is 2.06 bits per heavy atom. The second-order valence-corrected chi connectivity index (χ2v) is 4.51. The maximum absolute atomic E-state index is 12.6. The van der Waals surface area contributed by atoms with Crippen LogP contribution >= 0.6 is 0 Å². The molecule has 0 aliphatic heterocycles. The molecule has 0 saturated heterocycles. The number of nitrogens with one attached hydrogen (secondary N) is 1. The van der Waals surface area contributed by atoms with Crippen LogP contribution in [-0.4, -0.2) is 41.9 Å². The molecule has 18 heavy (non-hydrogen) atoms. The fourth-order valence-electron chi connectivity index (χ4n) is 1.65. The van der Waals surface area contributed by atoms with E-state index < -0.39 is 11.9 Å². The van der Waals surface area contributed by atoms with Crippen LogP contribution in [0.4, 0.5) is 13.2 Å². The van der Waals surface area contributed by atoms with Crippen LogP contribution in [0.2, 0.25) is 0 Å². The van der Waals surface area contributed by atoms with Gasteiger partial charge in [0.15, 0.2) is 5.69 Å². The van der Waals surface area contributed by atoms with Crippen molar-refractivity contribution >= 4 is 0 Å². The third kappa shape index (κ3) is 4.66. The third-order valence-corrected chi connectivity index (χ3v) is 2.45. The quantitative estimate of drug-likeness (QED) is 0.790. The van der Waals surface area contributed by atoms with E-state index >= 15 is 0 Å². The molecule has 1 heterocycles. The Morgan fingerprint density at radius 3 is 2.61 bits per heavy atom. The molecular formula is C11H19F3N4. The van der Waals surface area contributed by atoms with Crippen LogP contribution in [-0.2, 0) is 19.8 Å². The molecule has 1 aromatic heterocycles. The van der Waals surface area contributed by atoms with Gasteiger partial charge in [-0.3, -0.25) is 4.68 Å². The lowest BCUT2D eigenvalue weighted by molar-refractivity contribution is -0.142. The molecule has 0 aliphatic carbocycles. The number of alkyl halides is 3. The van der Waals surface area contributed by atoms with Crippen LogP contribution in [0.5, 0.6) is 0 Å². The average Bonchev–Trinajstić information content (AvgIpc) is 2.58. The van der Waals surface area contributed by atoms with E-state index in [0.29, 0.717) is 6.54 Å². The van der Waals surface area contributed by atoms with E-state index in [0.717, 1.165) is 13.0 Å². The van der Waals surface area contributed by atoms with Crippen LogP contribution in [0, 0.1) is 0 Å². The van der Waals surface area contributed by atoms with Gasteiger partial charge in [0.2, 0.25) is 0 Å². The highest BCUT2D eigenvalue weighted by atomic mass is 19.4. The Bertz CT molecular complexity index is 371. The molecule has 1 aromatic rings. The standard InChI is InChI=1S/C11H19F3N4/c1-17(2)6-4-5-15-7-9-8-18(3)16-10(9)11(12,13)14/h8,15H,4-7H2,1-3H3. The van der Waals surface area contributed by atoms with E-state index in [9.17, 15) is 13.2 Å². The van der Waals surface area contributed by atoms with Gasteiger partial charge in [-0.2, -0.15) is 18.3 Å². The zero-order chi connectivity index (χ0) is 13.8. The molecule has 0 atom stereocenters. The molecule has 0 saturated carbocycles. The maximum atomic E-state index is 12.6. The fourth-order valence-corrected chi connectivity index (χ4v) is 1.65. The molecule has 0 amide bonds. The number of hydrogen-bond acceptors (Lipinski definition) is 3. The highest BCUT2D eigenvalue weighted by Gasteiger charge is 2.36. The van der Waals surface area contributed by atoms with Crippen molar-refractivity contribution in [2.45, 2.75) is 19.1 Å². The lowest BCUT2D eigenvalue weighted by Crippen LogP contribution is -2.22. The molecular weight excluding hydrogens is 245 g/mol. The summed E-state index contributed by atoms with van der Waals surface area (Å²) in [6, 6.07) is 0. The average molecular weight is 264 g/mol. The van der Waals surface area contributed by atoms with Crippen molar-refractivity contribution in [2.24, 2.45) is 7.05 Å². The van der Waals surface area contributed by atoms with Crippen molar-refractivity contribution < 1.29 is 13.2 Å². The lowest BCUT2D eigenvalue weighted by atomic mass is 10.2. The predicted molar refractivity (Wildman–Crippen MR) is 63.1 cm³/mol. The largest absolute Gasteiger partial charge is 0.435 e. The topological polar surface area (TPSA) is 33.1 Å². The Morgan fingerprint density at radius 1 is 1.39 bits per heavy atom. The highest BCUT2D eigenvalue weighted by Crippen LogP contribution is 2.30. The number of nitrogens with zero attached hydrogens (tertiary/aromatic N) is 3. The minimum atomic E-state index is -4.39. The van der Waals surface area contributed by atoms with Crippen molar-refractivity contribution in [2.75, 3.05) is 27.2 Å². The van der Waals surface area contributed by atoms with Crippen LogP contribution in [0.1, 0.15) is 17.7 Å². The molecule has 7 heteroatoms. The van der Waals surface area contributed by atoms with Gasteiger partial charge in [-0.15, -0.1) is 0 Å². The van der Waals surface area contributed by atoms with Gasteiger partial charge in [0.05, 0.1) is 0 Å². The molecule has 4 nitrogen and oxygen atoms in total. The summed E-state index contributed by atoms with van der Waals surface area (Å²) in [5, 5.41) is 6.46. The van der Waals surface area contributed by atoms with E-state index in [1.807, 2.05) is 19.0 Å². The minimum absolute atomic E-state index is 0.190. The number of hydrogen-bond donors (Lipinski definition) is 1. The molecule has 1 N–H and O–H groups in total. The van der Waals surface area contributed by atoms with Crippen LogP contribution in [0.3, 0.4) is 0 Å². The SMILES string of the molecule is CN(C)CCCNCc1cn(C)nc1C(F)(F)F. The summed E-state index contributed by atoms with van der Waals surface area (Å²) >= 11 is 0. The Kier molecular flexibility index (Phi) is 5.15. The van der Waals surface area contributed by atoms with Gasteiger partial charge in [0.25, 0.3) is 0 Å². The third-order valence-electron chi connectivity index (χ3n) is 2.45. The summed E-state index contributed by atoms with van der Waals surface area (Å²) < 4.78 is 39.1. The number of aryl methyl sites for hydroxylation is 1. The van der Waals surface area contributed by atoms with Gasteiger partial charge in [-0.1, -0.05) is 0 Å². The van der Waals surface area contributed by atoms with Gasteiger partial charge in [-0.05, 0) is 33.6 Å². The Balaban J connectivity index is 2.47. The molecule has 0 bridgehead atoms. The molecule has 0 unspecified atom stereocenters. The molecule has 0 aromatic carbocycles. The first-order chi connectivity index (χ1) is 8.30. The molecule has 104 valence electrons. The van der Waals surface area contributed by atoms with E-state index in [1.165, 1.54) is 17.9 Å². The van der Waals surface area contributed by atoms with Gasteiger partial charge in [0, 0.05) is 25.4 Å². The van der Waals surface area contributed by atoms with E-state index in [2.05, 4.69) is 10.4 Å². The number of aromatic nitrogens is 2. The van der Waals surface area contributed by atoms with Crippen molar-refractivity contribution in [3.8, 4) is 0 Å². The summed E-state index contributed by atoms with van der Waals surface area (Å²) in [4.78, 5) is 2.03. The summed E-state index contributed by atoms with van der Waals surface area (Å²) in [5.74, 6) is 0. The zero-order valence-corrected chi connectivity index (χ0v) is 10.9. The smallest absolute Gasteiger partial charge is 0.312 e. The highest BCUT2D eigenvalue weighted by molar-refractivity contribution is 5.19. The molecule has 0 spiro atoms. The summed E-state index contributed by atoms with van der Waals surface area (Å²) in [5.41, 5.74) is -0.611. The van der Waals surface area contributed by atoms with Crippen LogP contribution in [0.15, 0.2) is 6.20 Å². The normalized spacial score (nSPS) is 12.4. The molecule has 0 radical (unpaired) electrons. The molecule has 1 rings (SSSR count). The predicted octanol–water partition coefficient (Wildman–Crippen LogP) is 1.48. The van der Waals surface area contributed by atoms with Gasteiger partial charge < -0.3 is 10.2 Å². The van der Waals surface area contributed by atoms with Crippen molar-refractivity contribution in [1.82, 2.24) is 20.0 Å². The van der Waals surface area contributed by atoms with Crippen molar-refractivity contribution in [1.29, 1.82) is 0 Å². The summed E-state index contributed by atoms with van der Waals surface area (Å²) in [7, 11) is 5.41. The first-order valence-electron chi connectivity index (χ1n) is 5.76. The lowest BCUT2D eigenvalue weighted by Gasteiger charge is -2.10. The van der Waals surface area contributed by atoms with Gasteiger partial charge >= 0.3 is 6.18 Å². The first kappa shape index (κ1) is 15.0. The van der Waals surface area contributed by atoms with Crippen molar-refractivity contribution in [3.05, 3.63) is 17.5 Å².